The second-order valence-corrected chi connectivity index (χ2v) is 7.58. The van der Waals surface area contributed by atoms with Gasteiger partial charge in [0.25, 0.3) is 0 Å². The molecule has 0 bridgehead atoms. The van der Waals surface area contributed by atoms with Gasteiger partial charge in [0.05, 0.1) is 35.2 Å². The van der Waals surface area contributed by atoms with Gasteiger partial charge in [0.1, 0.15) is 22.8 Å². The summed E-state index contributed by atoms with van der Waals surface area (Å²) in [6, 6.07) is 22.4. The first-order valence-electron chi connectivity index (χ1n) is 11.0. The maximum absolute atomic E-state index is 4.73. The average Bonchev–Trinajstić information content (AvgIpc) is 2.98. The lowest BCUT2D eigenvalue weighted by molar-refractivity contribution is 0.968. The zero-order chi connectivity index (χ0) is 24.2. The summed E-state index contributed by atoms with van der Waals surface area (Å²) in [5.74, 6) is 0.790. The van der Waals surface area contributed by atoms with Gasteiger partial charge < -0.3 is 0 Å². The highest BCUT2D eigenvalue weighted by Crippen LogP contribution is 2.23. The fourth-order valence-electron chi connectivity index (χ4n) is 3.50. The summed E-state index contributed by atoms with van der Waals surface area (Å²) in [6.45, 7) is 0. The first-order chi connectivity index (χ1) is 17.8. The Kier molecular flexibility index (Phi) is 5.57. The quantitative estimate of drug-likeness (QED) is 0.366. The van der Waals surface area contributed by atoms with Crippen LogP contribution < -0.4 is 0 Å². The topological polar surface area (TPSA) is 129 Å². The molecule has 0 saturated heterocycles. The fraction of sp³-hybridized carbons (Fsp3) is 0. The molecule has 0 radical (unpaired) electrons. The van der Waals surface area contributed by atoms with E-state index in [0.29, 0.717) is 57.2 Å². The second kappa shape index (κ2) is 9.47. The molecule has 10 nitrogen and oxygen atoms in total. The number of rotatable bonds is 5. The van der Waals surface area contributed by atoms with Crippen LogP contribution in [0.5, 0.6) is 0 Å². The van der Waals surface area contributed by atoms with Crippen LogP contribution in [-0.2, 0) is 0 Å². The fourth-order valence-corrected chi connectivity index (χ4v) is 3.50. The molecule has 10 heteroatoms. The summed E-state index contributed by atoms with van der Waals surface area (Å²) in [5.41, 5.74) is 5.09. The Morgan fingerprint density at radius 2 is 0.806 bits per heavy atom. The molecule has 36 heavy (non-hydrogen) atoms. The first-order valence-corrected chi connectivity index (χ1v) is 11.0. The first kappa shape index (κ1) is 21.2. The Morgan fingerprint density at radius 1 is 0.361 bits per heavy atom. The third-order valence-electron chi connectivity index (χ3n) is 5.19. The molecule has 6 aromatic heterocycles. The Labute approximate surface area is 205 Å². The predicted molar refractivity (Wildman–Crippen MR) is 132 cm³/mol. The molecule has 0 aliphatic rings. The second-order valence-electron chi connectivity index (χ2n) is 7.58. The minimum atomic E-state index is 0.395. The lowest BCUT2D eigenvalue weighted by Gasteiger charge is -2.06. The zero-order valence-corrected chi connectivity index (χ0v) is 18.7. The number of pyridine rings is 4. The van der Waals surface area contributed by atoms with Crippen molar-refractivity contribution in [1.82, 2.24) is 50.3 Å². The van der Waals surface area contributed by atoms with Gasteiger partial charge in [0, 0.05) is 12.4 Å². The molecular weight excluding hydrogens is 452 g/mol. The molecule has 0 N–H and O–H groups in total. The van der Waals surface area contributed by atoms with Gasteiger partial charge in [-0.2, -0.15) is 10.2 Å². The molecule has 0 amide bonds. The summed E-state index contributed by atoms with van der Waals surface area (Å²) in [5, 5.41) is 16.5. The van der Waals surface area contributed by atoms with Crippen LogP contribution in [0.15, 0.2) is 97.6 Å². The lowest BCUT2D eigenvalue weighted by Crippen LogP contribution is -2.00. The van der Waals surface area contributed by atoms with E-state index in [4.69, 9.17) is 9.97 Å². The van der Waals surface area contributed by atoms with Crippen LogP contribution in [-0.4, -0.2) is 50.3 Å². The standard InChI is InChI=1S/C26H16N10/c1-3-13-27-17(7-1)23-15-29-35-25(33-23)21-11-5-9-19(31-21)20-10-6-12-22(32-20)26-34-24(16-30-36-26)18-8-2-4-14-28-18/h1-16H. The molecule has 0 fully saturated rings. The van der Waals surface area contributed by atoms with Gasteiger partial charge in [0.15, 0.2) is 0 Å². The van der Waals surface area contributed by atoms with Gasteiger partial charge in [-0.15, -0.1) is 10.2 Å². The van der Waals surface area contributed by atoms with E-state index in [1.54, 1.807) is 24.8 Å². The number of hydrogen-bond acceptors (Lipinski definition) is 10. The van der Waals surface area contributed by atoms with Gasteiger partial charge in [-0.3, -0.25) is 9.97 Å². The van der Waals surface area contributed by atoms with E-state index in [0.717, 1.165) is 0 Å². The summed E-state index contributed by atoms with van der Waals surface area (Å²) in [4.78, 5) is 27.3. The summed E-state index contributed by atoms with van der Waals surface area (Å²) in [6.07, 6.45) is 6.57. The molecule has 6 aromatic rings. The van der Waals surface area contributed by atoms with Crippen LogP contribution in [0.25, 0.3) is 57.2 Å². The maximum Gasteiger partial charge on any atom is 0.201 e. The largest absolute Gasteiger partial charge is 0.255 e. The average molecular weight is 468 g/mol. The molecule has 0 aliphatic heterocycles. The molecule has 0 saturated carbocycles. The van der Waals surface area contributed by atoms with Crippen molar-refractivity contribution in [3.8, 4) is 57.2 Å². The van der Waals surface area contributed by atoms with Gasteiger partial charge in [-0.1, -0.05) is 24.3 Å². The van der Waals surface area contributed by atoms with E-state index in [2.05, 4.69) is 40.3 Å². The van der Waals surface area contributed by atoms with E-state index in [-0.39, 0.29) is 0 Å². The molecular formula is C26H16N10. The number of nitrogens with zero attached hydrogens (tertiary/aromatic N) is 10. The van der Waals surface area contributed by atoms with Crippen LogP contribution in [0.4, 0.5) is 0 Å². The lowest BCUT2D eigenvalue weighted by atomic mass is 10.2. The van der Waals surface area contributed by atoms with Gasteiger partial charge in [0.2, 0.25) is 11.6 Å². The number of aromatic nitrogens is 10. The minimum Gasteiger partial charge on any atom is -0.255 e. The summed E-state index contributed by atoms with van der Waals surface area (Å²) >= 11 is 0. The van der Waals surface area contributed by atoms with E-state index in [9.17, 15) is 0 Å². The summed E-state index contributed by atoms with van der Waals surface area (Å²) in [7, 11) is 0. The van der Waals surface area contributed by atoms with E-state index < -0.39 is 0 Å². The van der Waals surface area contributed by atoms with Crippen molar-refractivity contribution in [3.05, 3.63) is 97.6 Å². The Bertz CT molecular complexity index is 1520. The minimum absolute atomic E-state index is 0.395. The molecule has 6 rings (SSSR count). The highest BCUT2D eigenvalue weighted by molar-refractivity contribution is 5.64. The third kappa shape index (κ3) is 4.38. The molecule has 0 aliphatic carbocycles. The molecule has 0 atom stereocenters. The van der Waals surface area contributed by atoms with Crippen molar-refractivity contribution in [2.45, 2.75) is 0 Å². The highest BCUT2D eigenvalue weighted by atomic mass is 15.2. The maximum atomic E-state index is 4.73. The number of hydrogen-bond donors (Lipinski definition) is 0. The van der Waals surface area contributed by atoms with Gasteiger partial charge in [-0.25, -0.2) is 19.9 Å². The Morgan fingerprint density at radius 3 is 1.25 bits per heavy atom. The third-order valence-corrected chi connectivity index (χ3v) is 5.19. The Balaban J connectivity index is 1.34. The van der Waals surface area contributed by atoms with Crippen LogP contribution in [0.3, 0.4) is 0 Å². The van der Waals surface area contributed by atoms with Crippen LogP contribution >= 0.6 is 0 Å². The molecule has 170 valence electrons. The molecule has 6 heterocycles. The normalized spacial score (nSPS) is 10.8. The summed E-state index contributed by atoms with van der Waals surface area (Å²) < 4.78 is 0. The highest BCUT2D eigenvalue weighted by Gasteiger charge is 2.12. The van der Waals surface area contributed by atoms with Gasteiger partial charge in [-0.05, 0) is 48.5 Å². The zero-order valence-electron chi connectivity index (χ0n) is 18.7. The van der Waals surface area contributed by atoms with Crippen LogP contribution in [0.1, 0.15) is 0 Å². The van der Waals surface area contributed by atoms with E-state index >= 15 is 0 Å². The SMILES string of the molecule is c1ccc(-c2cnnc(-c3cccc(-c4cccc(-c5nncc(-c6ccccn6)n5)n4)n3)n2)nc1. The van der Waals surface area contributed by atoms with Crippen LogP contribution in [0, 0.1) is 0 Å². The van der Waals surface area contributed by atoms with E-state index in [1.165, 1.54) is 0 Å². The van der Waals surface area contributed by atoms with Crippen LogP contribution in [0.2, 0.25) is 0 Å². The van der Waals surface area contributed by atoms with Crippen molar-refractivity contribution >= 4 is 0 Å². The predicted octanol–water partition coefficient (Wildman–Crippen LogP) is 3.97. The van der Waals surface area contributed by atoms with Crippen molar-refractivity contribution in [2.24, 2.45) is 0 Å². The van der Waals surface area contributed by atoms with Crippen molar-refractivity contribution in [2.75, 3.05) is 0 Å². The van der Waals surface area contributed by atoms with E-state index in [1.807, 2.05) is 72.8 Å². The smallest absolute Gasteiger partial charge is 0.201 e. The Hall–Kier alpha value is -5.38. The molecule has 0 aromatic carbocycles. The van der Waals surface area contributed by atoms with Gasteiger partial charge >= 0.3 is 0 Å². The molecule has 0 unspecified atom stereocenters. The monoisotopic (exact) mass is 468 g/mol. The molecule has 0 spiro atoms. The van der Waals surface area contributed by atoms with Crippen molar-refractivity contribution in [3.63, 3.8) is 0 Å². The van der Waals surface area contributed by atoms with Crippen molar-refractivity contribution < 1.29 is 0 Å². The van der Waals surface area contributed by atoms with Crippen molar-refractivity contribution in [1.29, 1.82) is 0 Å².